The SMILES string of the molecule is CCOc1cc(/C=N/NC(=O)C(O)c2ccccc2)cc(Br)c1OC. The van der Waals surface area contributed by atoms with E-state index in [0.717, 1.165) is 0 Å². The van der Waals surface area contributed by atoms with Gasteiger partial charge in [0.15, 0.2) is 17.6 Å². The molecule has 2 aromatic rings. The van der Waals surface area contributed by atoms with Crippen LogP contribution in [0.5, 0.6) is 11.5 Å². The van der Waals surface area contributed by atoms with Gasteiger partial charge in [-0.2, -0.15) is 5.10 Å². The van der Waals surface area contributed by atoms with Gasteiger partial charge in [0.25, 0.3) is 5.91 Å². The predicted molar refractivity (Wildman–Crippen MR) is 99.0 cm³/mol. The molecule has 7 heteroatoms. The van der Waals surface area contributed by atoms with Crippen LogP contribution in [0.25, 0.3) is 0 Å². The van der Waals surface area contributed by atoms with Gasteiger partial charge in [0.05, 0.1) is 24.4 Å². The van der Waals surface area contributed by atoms with Crippen LogP contribution in [0.3, 0.4) is 0 Å². The van der Waals surface area contributed by atoms with Crippen molar-refractivity contribution in [1.82, 2.24) is 5.43 Å². The monoisotopic (exact) mass is 406 g/mol. The summed E-state index contributed by atoms with van der Waals surface area (Å²) in [6.45, 7) is 2.36. The number of hydrazone groups is 1. The van der Waals surface area contributed by atoms with Crippen LogP contribution in [0, 0.1) is 0 Å². The molecule has 0 aliphatic rings. The Labute approximate surface area is 154 Å². The molecule has 132 valence electrons. The van der Waals surface area contributed by atoms with E-state index in [4.69, 9.17) is 9.47 Å². The van der Waals surface area contributed by atoms with Crippen molar-refractivity contribution in [3.8, 4) is 11.5 Å². The lowest BCUT2D eigenvalue weighted by molar-refractivity contribution is -0.129. The number of methoxy groups -OCH3 is 1. The van der Waals surface area contributed by atoms with Gasteiger partial charge in [0.2, 0.25) is 0 Å². The summed E-state index contributed by atoms with van der Waals surface area (Å²) in [6, 6.07) is 12.2. The van der Waals surface area contributed by atoms with Crippen LogP contribution in [0.1, 0.15) is 24.2 Å². The Kier molecular flexibility index (Phi) is 6.97. The Balaban J connectivity index is 2.07. The molecule has 25 heavy (non-hydrogen) atoms. The van der Waals surface area contributed by atoms with Crippen molar-refractivity contribution < 1.29 is 19.4 Å². The molecule has 0 radical (unpaired) electrons. The van der Waals surface area contributed by atoms with Crippen LogP contribution >= 0.6 is 15.9 Å². The lowest BCUT2D eigenvalue weighted by atomic mass is 10.1. The van der Waals surface area contributed by atoms with Crippen molar-refractivity contribution in [3.63, 3.8) is 0 Å². The zero-order chi connectivity index (χ0) is 18.2. The summed E-state index contributed by atoms with van der Waals surface area (Å²) >= 11 is 3.41. The lowest BCUT2D eigenvalue weighted by Gasteiger charge is -2.12. The molecule has 0 aliphatic carbocycles. The molecule has 0 saturated heterocycles. The normalized spacial score (nSPS) is 12.0. The first-order valence-electron chi connectivity index (χ1n) is 7.63. The Morgan fingerprint density at radius 1 is 1.36 bits per heavy atom. The van der Waals surface area contributed by atoms with E-state index >= 15 is 0 Å². The van der Waals surface area contributed by atoms with E-state index in [-0.39, 0.29) is 0 Å². The zero-order valence-electron chi connectivity index (χ0n) is 13.9. The second-order valence-electron chi connectivity index (χ2n) is 5.01. The molecule has 0 spiro atoms. The fourth-order valence-electron chi connectivity index (χ4n) is 2.14. The number of hydrogen-bond acceptors (Lipinski definition) is 5. The molecule has 0 saturated carbocycles. The first-order valence-corrected chi connectivity index (χ1v) is 8.42. The summed E-state index contributed by atoms with van der Waals surface area (Å²) in [7, 11) is 1.56. The summed E-state index contributed by atoms with van der Waals surface area (Å²) in [5, 5.41) is 13.9. The molecule has 2 rings (SSSR count). The molecule has 0 aliphatic heterocycles. The minimum absolute atomic E-state index is 0.489. The molecule has 2 N–H and O–H groups in total. The first-order chi connectivity index (χ1) is 12.1. The van der Waals surface area contributed by atoms with Gasteiger partial charge >= 0.3 is 0 Å². The lowest BCUT2D eigenvalue weighted by Crippen LogP contribution is -2.25. The second-order valence-corrected chi connectivity index (χ2v) is 5.87. The van der Waals surface area contributed by atoms with Gasteiger partial charge in [-0.1, -0.05) is 30.3 Å². The Hall–Kier alpha value is -2.38. The average molecular weight is 407 g/mol. The molecule has 0 aromatic heterocycles. The molecule has 0 heterocycles. The third-order valence-electron chi connectivity index (χ3n) is 3.29. The molecular formula is C18H19BrN2O4. The largest absolute Gasteiger partial charge is 0.492 e. The number of halogens is 1. The molecule has 1 atom stereocenters. The number of benzene rings is 2. The molecule has 0 fully saturated rings. The summed E-state index contributed by atoms with van der Waals surface area (Å²) in [5.41, 5.74) is 3.52. The smallest absolute Gasteiger partial charge is 0.273 e. The predicted octanol–water partition coefficient (Wildman–Crippen LogP) is 3.04. The van der Waals surface area contributed by atoms with E-state index in [2.05, 4.69) is 26.5 Å². The topological polar surface area (TPSA) is 80.2 Å². The number of hydrogen-bond donors (Lipinski definition) is 2. The van der Waals surface area contributed by atoms with Crippen LogP contribution in [0.4, 0.5) is 0 Å². The number of amides is 1. The van der Waals surface area contributed by atoms with E-state index < -0.39 is 12.0 Å². The third kappa shape index (κ3) is 5.04. The standard InChI is InChI=1S/C18H19BrN2O4/c1-3-25-15-10-12(9-14(19)17(15)24-2)11-20-21-18(23)16(22)13-7-5-4-6-8-13/h4-11,16,22H,3H2,1-2H3,(H,21,23)/b20-11+. The fraction of sp³-hybridized carbons (Fsp3) is 0.222. The Bertz CT molecular complexity index is 750. The molecule has 6 nitrogen and oxygen atoms in total. The van der Waals surface area contributed by atoms with Crippen molar-refractivity contribution in [1.29, 1.82) is 0 Å². The molecular weight excluding hydrogens is 388 g/mol. The van der Waals surface area contributed by atoms with E-state index in [1.54, 1.807) is 43.5 Å². The highest BCUT2D eigenvalue weighted by molar-refractivity contribution is 9.10. The minimum Gasteiger partial charge on any atom is -0.492 e. The summed E-state index contributed by atoms with van der Waals surface area (Å²) in [5.74, 6) is 0.541. The van der Waals surface area contributed by atoms with Gasteiger partial charge in [-0.3, -0.25) is 4.79 Å². The van der Waals surface area contributed by atoms with Crippen LogP contribution in [0.2, 0.25) is 0 Å². The number of nitrogens with one attached hydrogen (secondary N) is 1. The zero-order valence-corrected chi connectivity index (χ0v) is 15.5. The number of aliphatic hydroxyl groups excluding tert-OH is 1. The van der Waals surface area contributed by atoms with E-state index in [1.165, 1.54) is 6.21 Å². The van der Waals surface area contributed by atoms with Gasteiger partial charge in [-0.25, -0.2) is 5.43 Å². The van der Waals surface area contributed by atoms with Crippen molar-refractivity contribution in [3.05, 3.63) is 58.1 Å². The Morgan fingerprint density at radius 2 is 2.08 bits per heavy atom. The van der Waals surface area contributed by atoms with Crippen molar-refractivity contribution in [2.24, 2.45) is 5.10 Å². The number of rotatable bonds is 7. The second kappa shape index (κ2) is 9.19. The molecule has 1 amide bonds. The molecule has 0 bridgehead atoms. The van der Waals surface area contributed by atoms with Crippen LogP contribution in [-0.2, 0) is 4.79 Å². The van der Waals surface area contributed by atoms with Crippen LogP contribution in [-0.4, -0.2) is 30.9 Å². The van der Waals surface area contributed by atoms with Crippen molar-refractivity contribution in [2.75, 3.05) is 13.7 Å². The molecule has 1 unspecified atom stereocenters. The minimum atomic E-state index is -1.28. The quantitative estimate of drug-likeness (QED) is 0.546. The summed E-state index contributed by atoms with van der Waals surface area (Å²) in [6.07, 6.45) is 0.183. The number of carbonyl (C=O) groups is 1. The maximum atomic E-state index is 11.9. The van der Waals surface area contributed by atoms with E-state index in [9.17, 15) is 9.90 Å². The van der Waals surface area contributed by atoms with Gasteiger partial charge < -0.3 is 14.6 Å². The van der Waals surface area contributed by atoms with Crippen LogP contribution < -0.4 is 14.9 Å². The van der Waals surface area contributed by atoms with Crippen LogP contribution in [0.15, 0.2) is 52.0 Å². The Morgan fingerprint density at radius 3 is 2.72 bits per heavy atom. The highest BCUT2D eigenvalue weighted by Crippen LogP contribution is 2.36. The third-order valence-corrected chi connectivity index (χ3v) is 3.88. The van der Waals surface area contributed by atoms with Crippen molar-refractivity contribution >= 4 is 28.1 Å². The number of ether oxygens (including phenoxy) is 2. The fourth-order valence-corrected chi connectivity index (χ4v) is 2.76. The highest BCUT2D eigenvalue weighted by atomic mass is 79.9. The maximum Gasteiger partial charge on any atom is 0.273 e. The first kappa shape index (κ1) is 19.0. The van der Waals surface area contributed by atoms with E-state index in [1.807, 2.05) is 13.0 Å². The number of aliphatic hydroxyl groups is 1. The van der Waals surface area contributed by atoms with Gasteiger partial charge in [0.1, 0.15) is 0 Å². The number of nitrogens with zero attached hydrogens (tertiary/aromatic N) is 1. The average Bonchev–Trinajstić information content (AvgIpc) is 2.62. The maximum absolute atomic E-state index is 11.9. The van der Waals surface area contributed by atoms with Gasteiger partial charge in [0, 0.05) is 0 Å². The van der Waals surface area contributed by atoms with E-state index in [0.29, 0.717) is 33.7 Å². The highest BCUT2D eigenvalue weighted by Gasteiger charge is 2.16. The number of carbonyl (C=O) groups excluding carboxylic acids is 1. The summed E-state index contributed by atoms with van der Waals surface area (Å²) in [4.78, 5) is 11.9. The molecule has 2 aromatic carbocycles. The van der Waals surface area contributed by atoms with Gasteiger partial charge in [-0.05, 0) is 46.1 Å². The summed E-state index contributed by atoms with van der Waals surface area (Å²) < 4.78 is 11.5. The van der Waals surface area contributed by atoms with Gasteiger partial charge in [-0.15, -0.1) is 0 Å². The van der Waals surface area contributed by atoms with Crippen molar-refractivity contribution in [2.45, 2.75) is 13.0 Å².